The summed E-state index contributed by atoms with van der Waals surface area (Å²) in [5.74, 6) is -1.12. The lowest BCUT2D eigenvalue weighted by molar-refractivity contribution is -0.204. The van der Waals surface area contributed by atoms with Crippen LogP contribution in [0.1, 0.15) is 13.3 Å². The van der Waals surface area contributed by atoms with Crippen LogP contribution in [0.4, 0.5) is 0 Å². The van der Waals surface area contributed by atoms with Crippen molar-refractivity contribution < 1.29 is 22.4 Å². The second-order valence-electron chi connectivity index (χ2n) is 1.94. The lowest BCUT2D eigenvalue weighted by Crippen LogP contribution is -2.12. The molecule has 7 heteroatoms. The van der Waals surface area contributed by atoms with Crippen LogP contribution in [-0.4, -0.2) is 20.1 Å². The first kappa shape index (κ1) is 14.6. The fraction of sp³-hybridized carbons (Fsp3) is 0.500. The van der Waals surface area contributed by atoms with E-state index in [1.807, 2.05) is 0 Å². The molecule has 6 nitrogen and oxygen atoms in total. The minimum Gasteiger partial charge on any atom is -0.344 e. The van der Waals surface area contributed by atoms with Gasteiger partial charge < -0.3 is 6.15 Å². The van der Waals surface area contributed by atoms with Crippen molar-refractivity contribution in [3.8, 4) is 0 Å². The van der Waals surface area contributed by atoms with Gasteiger partial charge in [-0.25, -0.2) is 4.79 Å². The van der Waals surface area contributed by atoms with Crippen LogP contribution in [0.15, 0.2) is 12.7 Å². The van der Waals surface area contributed by atoms with Gasteiger partial charge in [0.2, 0.25) is 0 Å². The molecule has 13 heavy (non-hydrogen) atoms. The Balaban J connectivity index is 0. The first-order valence-electron chi connectivity index (χ1n) is 3.27. The zero-order chi connectivity index (χ0) is 9.61. The zero-order valence-corrected chi connectivity index (χ0v) is 8.17. The van der Waals surface area contributed by atoms with Gasteiger partial charge in [0.25, 0.3) is 0 Å². The molecule has 0 heterocycles. The molecule has 0 saturated heterocycles. The largest absolute Gasteiger partial charge is 0.366 e. The highest BCUT2D eigenvalue weighted by Gasteiger charge is 2.12. The first-order chi connectivity index (χ1) is 5.52. The highest BCUT2D eigenvalue weighted by molar-refractivity contribution is 7.86. The molecular formula is C6H13NO5S. The molecule has 0 fully saturated rings. The van der Waals surface area contributed by atoms with E-state index < -0.39 is 16.1 Å². The average Bonchev–Trinajstić information content (AvgIpc) is 2.00. The maximum atomic E-state index is 10.7. The lowest BCUT2D eigenvalue weighted by Gasteiger charge is -1.99. The SMILES string of the molecule is C=CC(=O)OOS(=O)(=O)CCC.N. The van der Waals surface area contributed by atoms with E-state index in [0.717, 1.165) is 6.08 Å². The van der Waals surface area contributed by atoms with Gasteiger partial charge in [0.05, 0.1) is 5.75 Å². The summed E-state index contributed by atoms with van der Waals surface area (Å²) in [5.41, 5.74) is 0. The molecule has 0 aliphatic heterocycles. The third kappa shape index (κ3) is 7.44. The summed E-state index contributed by atoms with van der Waals surface area (Å²) in [6, 6.07) is 0. The first-order valence-corrected chi connectivity index (χ1v) is 4.84. The number of carbonyl (C=O) groups excluding carboxylic acids is 1. The van der Waals surface area contributed by atoms with E-state index in [9.17, 15) is 13.2 Å². The molecule has 0 aromatic heterocycles. The van der Waals surface area contributed by atoms with Gasteiger partial charge in [-0.05, 0) is 6.42 Å². The van der Waals surface area contributed by atoms with Crippen LogP contribution in [0, 0.1) is 0 Å². The summed E-state index contributed by atoms with van der Waals surface area (Å²) in [4.78, 5) is 14.2. The van der Waals surface area contributed by atoms with Crippen molar-refractivity contribution >= 4 is 16.1 Å². The predicted octanol–water partition coefficient (Wildman–Crippen LogP) is 0.549. The van der Waals surface area contributed by atoms with Crippen molar-refractivity contribution in [1.82, 2.24) is 6.15 Å². The lowest BCUT2D eigenvalue weighted by atomic mass is 10.6. The summed E-state index contributed by atoms with van der Waals surface area (Å²) >= 11 is 0. The molecule has 0 aromatic carbocycles. The highest BCUT2D eigenvalue weighted by Crippen LogP contribution is 1.97. The van der Waals surface area contributed by atoms with E-state index in [0.29, 0.717) is 6.42 Å². The van der Waals surface area contributed by atoms with E-state index in [2.05, 4.69) is 15.8 Å². The summed E-state index contributed by atoms with van der Waals surface area (Å²) in [6.07, 6.45) is 1.20. The van der Waals surface area contributed by atoms with Crippen LogP contribution in [-0.2, 0) is 24.1 Å². The molecule has 0 aliphatic carbocycles. The Kier molecular flexibility index (Phi) is 7.39. The van der Waals surface area contributed by atoms with Crippen LogP contribution in [0.2, 0.25) is 0 Å². The second-order valence-corrected chi connectivity index (χ2v) is 3.60. The Morgan fingerprint density at radius 2 is 2.08 bits per heavy atom. The Hall–Kier alpha value is -0.920. The molecular weight excluding hydrogens is 198 g/mol. The third-order valence-electron chi connectivity index (χ3n) is 0.841. The van der Waals surface area contributed by atoms with Crippen molar-refractivity contribution in [2.75, 3.05) is 5.75 Å². The van der Waals surface area contributed by atoms with Crippen molar-refractivity contribution in [2.45, 2.75) is 13.3 Å². The van der Waals surface area contributed by atoms with E-state index in [1.165, 1.54) is 0 Å². The monoisotopic (exact) mass is 211 g/mol. The summed E-state index contributed by atoms with van der Waals surface area (Å²) in [6.45, 7) is 4.72. The van der Waals surface area contributed by atoms with Gasteiger partial charge in [-0.1, -0.05) is 17.8 Å². The minimum absolute atomic E-state index is 0. The van der Waals surface area contributed by atoms with Crippen LogP contribution in [0.5, 0.6) is 0 Å². The van der Waals surface area contributed by atoms with E-state index in [4.69, 9.17) is 0 Å². The van der Waals surface area contributed by atoms with E-state index in [1.54, 1.807) is 6.92 Å². The number of hydrogen-bond donors (Lipinski definition) is 1. The summed E-state index contributed by atoms with van der Waals surface area (Å²) < 4.78 is 25.3. The predicted molar refractivity (Wildman–Crippen MR) is 46.5 cm³/mol. The second kappa shape index (κ2) is 6.58. The third-order valence-corrected chi connectivity index (χ3v) is 2.02. The molecule has 0 saturated carbocycles. The highest BCUT2D eigenvalue weighted by atomic mass is 32.2. The van der Waals surface area contributed by atoms with E-state index in [-0.39, 0.29) is 11.9 Å². The number of carbonyl (C=O) groups is 1. The Labute approximate surface area is 77.2 Å². The number of rotatable bonds is 5. The molecule has 0 rings (SSSR count). The fourth-order valence-electron chi connectivity index (χ4n) is 0.403. The topological polar surface area (TPSA) is 105 Å². The maximum Gasteiger partial charge on any atom is 0.366 e. The van der Waals surface area contributed by atoms with Gasteiger partial charge >= 0.3 is 16.1 Å². The Bertz CT molecular complexity index is 258. The smallest absolute Gasteiger partial charge is 0.344 e. The van der Waals surface area contributed by atoms with Gasteiger partial charge in [0.1, 0.15) is 0 Å². The fourth-order valence-corrected chi connectivity index (χ4v) is 1.14. The van der Waals surface area contributed by atoms with Gasteiger partial charge in [0.15, 0.2) is 0 Å². The van der Waals surface area contributed by atoms with E-state index >= 15 is 0 Å². The molecule has 78 valence electrons. The van der Waals surface area contributed by atoms with Gasteiger partial charge in [-0.2, -0.15) is 8.42 Å². The molecule has 0 radical (unpaired) electrons. The number of hydrogen-bond acceptors (Lipinski definition) is 6. The summed E-state index contributed by atoms with van der Waals surface area (Å²) in [7, 11) is -3.73. The van der Waals surface area contributed by atoms with Gasteiger partial charge in [-0.3, -0.25) is 4.89 Å². The summed E-state index contributed by atoms with van der Waals surface area (Å²) in [5, 5.41) is 0. The van der Waals surface area contributed by atoms with Crippen molar-refractivity contribution in [1.29, 1.82) is 0 Å². The van der Waals surface area contributed by atoms with Crippen LogP contribution >= 0.6 is 0 Å². The average molecular weight is 211 g/mol. The Morgan fingerprint density at radius 3 is 2.46 bits per heavy atom. The van der Waals surface area contributed by atoms with Crippen molar-refractivity contribution in [2.24, 2.45) is 0 Å². The van der Waals surface area contributed by atoms with Gasteiger partial charge in [-0.15, -0.1) is 0 Å². The molecule has 0 unspecified atom stereocenters. The van der Waals surface area contributed by atoms with Crippen molar-refractivity contribution in [3.05, 3.63) is 12.7 Å². The van der Waals surface area contributed by atoms with Crippen LogP contribution < -0.4 is 6.15 Å². The molecule has 0 aliphatic rings. The minimum atomic E-state index is -3.73. The molecule has 0 atom stereocenters. The molecule has 3 N–H and O–H groups in total. The molecule has 0 aromatic rings. The molecule has 0 bridgehead atoms. The van der Waals surface area contributed by atoms with Crippen molar-refractivity contribution in [3.63, 3.8) is 0 Å². The van der Waals surface area contributed by atoms with Crippen LogP contribution in [0.25, 0.3) is 0 Å². The van der Waals surface area contributed by atoms with Gasteiger partial charge in [0, 0.05) is 6.08 Å². The molecule has 0 amide bonds. The Morgan fingerprint density at radius 1 is 1.54 bits per heavy atom. The zero-order valence-electron chi connectivity index (χ0n) is 7.36. The standard InChI is InChI=1S/C6H10O5S.H3N/c1-3-5-12(8,9)11-10-6(7)4-2;/h4H,2-3,5H2,1H3;1H3. The van der Waals surface area contributed by atoms with Crippen LogP contribution in [0.3, 0.4) is 0 Å². The molecule has 0 spiro atoms. The normalized spacial score (nSPS) is 9.92. The quantitative estimate of drug-likeness (QED) is 0.404. The maximum absolute atomic E-state index is 10.7.